The maximum atomic E-state index is 15.0. The molecule has 1 aromatic heterocycles. The van der Waals surface area contributed by atoms with Gasteiger partial charge in [-0.3, -0.25) is 9.59 Å². The Morgan fingerprint density at radius 1 is 1.16 bits per heavy atom. The van der Waals surface area contributed by atoms with Crippen molar-refractivity contribution in [3.63, 3.8) is 0 Å². The zero-order valence-electron chi connectivity index (χ0n) is 25.0. The van der Waals surface area contributed by atoms with Gasteiger partial charge in [0, 0.05) is 68.8 Å². The molecule has 0 radical (unpaired) electrons. The monoisotopic (exact) mass is 619 g/mol. The molecule has 1 unspecified atom stereocenters. The zero-order valence-corrected chi connectivity index (χ0v) is 25.0. The van der Waals surface area contributed by atoms with Crippen LogP contribution in [0.25, 0.3) is 11.3 Å². The summed E-state index contributed by atoms with van der Waals surface area (Å²) in [4.78, 5) is 32.4. The highest BCUT2D eigenvalue weighted by atomic mass is 19.1. The molecule has 0 bridgehead atoms. The van der Waals surface area contributed by atoms with E-state index in [1.807, 2.05) is 0 Å². The van der Waals surface area contributed by atoms with E-state index >= 15 is 0 Å². The standard InChI is InChI=1S/C31H37F4N5O4/c1-17(41)30(44)40(15-19-12-37-13-25(19)35)28(31(2,3)11-27(43)36-4)29-38-26(23-10-20(32)5-6-24(23)34)16-39(29)14-18-7-21(33)9-22(42)8-18/h5-10,16-17,19,25,28,37,41-42H,11-15H2,1-4H3,(H,36,43)/t17-,19?,25-,28-/m0/s1. The lowest BCUT2D eigenvalue weighted by atomic mass is 9.78. The number of aliphatic hydroxyl groups is 1. The first-order valence-electron chi connectivity index (χ1n) is 14.2. The molecular formula is C31H37F4N5O4. The number of aromatic nitrogens is 2. The summed E-state index contributed by atoms with van der Waals surface area (Å²) in [5, 5.41) is 26.0. The number of carbonyl (C=O) groups excluding carboxylic acids is 2. The number of phenolic OH excluding ortho intramolecular Hbond substituents is 1. The van der Waals surface area contributed by atoms with Gasteiger partial charge >= 0.3 is 0 Å². The quantitative estimate of drug-likeness (QED) is 0.243. The fourth-order valence-electron chi connectivity index (χ4n) is 5.72. The summed E-state index contributed by atoms with van der Waals surface area (Å²) in [5.41, 5.74) is -1.05. The van der Waals surface area contributed by atoms with Gasteiger partial charge in [0.1, 0.15) is 41.3 Å². The lowest BCUT2D eigenvalue weighted by Crippen LogP contribution is -2.50. The van der Waals surface area contributed by atoms with E-state index in [9.17, 15) is 37.4 Å². The molecule has 1 saturated heterocycles. The van der Waals surface area contributed by atoms with E-state index in [0.29, 0.717) is 0 Å². The first-order valence-corrected chi connectivity index (χ1v) is 14.2. The lowest BCUT2D eigenvalue weighted by molar-refractivity contribution is -0.147. The highest BCUT2D eigenvalue weighted by Crippen LogP contribution is 2.43. The number of nitrogens with zero attached hydrogens (tertiary/aromatic N) is 3. The van der Waals surface area contributed by atoms with Gasteiger partial charge in [-0.2, -0.15) is 0 Å². The first kappa shape index (κ1) is 32.9. The van der Waals surface area contributed by atoms with Crippen molar-refractivity contribution in [2.45, 2.75) is 52.1 Å². The van der Waals surface area contributed by atoms with Crippen LogP contribution in [0.2, 0.25) is 0 Å². The van der Waals surface area contributed by atoms with Crippen LogP contribution in [-0.2, 0) is 16.1 Å². The van der Waals surface area contributed by atoms with E-state index in [1.54, 1.807) is 13.8 Å². The Labute approximate surface area is 252 Å². The van der Waals surface area contributed by atoms with Crippen LogP contribution in [0.1, 0.15) is 44.6 Å². The zero-order chi connectivity index (χ0) is 32.3. The fraction of sp³-hybridized carbons (Fsp3) is 0.452. The van der Waals surface area contributed by atoms with Crippen molar-refractivity contribution in [1.29, 1.82) is 0 Å². The van der Waals surface area contributed by atoms with E-state index < -0.39 is 53.0 Å². The maximum absolute atomic E-state index is 15.0. The lowest BCUT2D eigenvalue weighted by Gasteiger charge is -2.43. The molecule has 1 aliphatic heterocycles. The van der Waals surface area contributed by atoms with E-state index in [4.69, 9.17) is 0 Å². The number of carbonyl (C=O) groups is 2. The number of hydrogen-bond acceptors (Lipinski definition) is 6. The van der Waals surface area contributed by atoms with Crippen LogP contribution >= 0.6 is 0 Å². The second-order valence-electron chi connectivity index (χ2n) is 11.9. The summed E-state index contributed by atoms with van der Waals surface area (Å²) in [6.45, 7) is 4.71. The Morgan fingerprint density at radius 2 is 1.89 bits per heavy atom. The van der Waals surface area contributed by atoms with Gasteiger partial charge in [0.05, 0.1) is 11.7 Å². The number of halogens is 4. The van der Waals surface area contributed by atoms with Crippen molar-refractivity contribution in [2.75, 3.05) is 26.7 Å². The third-order valence-corrected chi connectivity index (χ3v) is 7.83. The molecular weight excluding hydrogens is 582 g/mol. The second-order valence-corrected chi connectivity index (χ2v) is 11.9. The van der Waals surface area contributed by atoms with Crippen molar-refractivity contribution < 1.29 is 37.4 Å². The van der Waals surface area contributed by atoms with Crippen LogP contribution in [0.15, 0.2) is 42.6 Å². The molecule has 1 aliphatic rings. The molecule has 2 aromatic carbocycles. The normalized spacial score (nSPS) is 18.2. The Morgan fingerprint density at radius 3 is 2.50 bits per heavy atom. The molecule has 3 aromatic rings. The first-order chi connectivity index (χ1) is 20.7. The summed E-state index contributed by atoms with van der Waals surface area (Å²) in [7, 11) is 1.45. The van der Waals surface area contributed by atoms with E-state index in [0.717, 1.165) is 24.3 Å². The van der Waals surface area contributed by atoms with Crippen LogP contribution in [0, 0.1) is 28.8 Å². The van der Waals surface area contributed by atoms with Gasteiger partial charge in [-0.1, -0.05) is 13.8 Å². The Hall–Kier alpha value is -3.97. The molecule has 2 heterocycles. The van der Waals surface area contributed by atoms with Crippen LogP contribution in [0.3, 0.4) is 0 Å². The summed E-state index contributed by atoms with van der Waals surface area (Å²) < 4.78 is 59.9. The molecule has 0 aliphatic carbocycles. The molecule has 4 atom stereocenters. The molecule has 4 N–H and O–H groups in total. The topological polar surface area (TPSA) is 120 Å². The smallest absolute Gasteiger partial charge is 0.251 e. The third kappa shape index (κ3) is 7.39. The number of aliphatic hydroxyl groups excluding tert-OH is 1. The molecule has 13 heteroatoms. The van der Waals surface area contributed by atoms with Crippen LogP contribution < -0.4 is 10.6 Å². The van der Waals surface area contributed by atoms with Crippen molar-refractivity contribution in [2.24, 2.45) is 11.3 Å². The number of imidazole rings is 1. The average Bonchev–Trinajstić information content (AvgIpc) is 3.53. The molecule has 238 valence electrons. The molecule has 44 heavy (non-hydrogen) atoms. The minimum absolute atomic E-state index is 0.0197. The number of amides is 2. The Kier molecular flexibility index (Phi) is 9.99. The summed E-state index contributed by atoms with van der Waals surface area (Å²) in [6.07, 6.45) is -1.55. The number of benzene rings is 2. The van der Waals surface area contributed by atoms with Crippen LogP contribution in [-0.4, -0.2) is 75.4 Å². The van der Waals surface area contributed by atoms with Crippen LogP contribution in [0.5, 0.6) is 5.75 Å². The predicted molar refractivity (Wildman–Crippen MR) is 155 cm³/mol. The summed E-state index contributed by atoms with van der Waals surface area (Å²) in [6, 6.07) is 5.15. The van der Waals surface area contributed by atoms with Gasteiger partial charge in [-0.25, -0.2) is 22.5 Å². The summed E-state index contributed by atoms with van der Waals surface area (Å²) >= 11 is 0. The maximum Gasteiger partial charge on any atom is 0.251 e. The number of nitrogens with one attached hydrogen (secondary N) is 2. The van der Waals surface area contributed by atoms with E-state index in [2.05, 4.69) is 15.6 Å². The molecule has 0 saturated carbocycles. The molecule has 9 nitrogen and oxygen atoms in total. The molecule has 0 spiro atoms. The fourth-order valence-corrected chi connectivity index (χ4v) is 5.72. The largest absolute Gasteiger partial charge is 0.508 e. The van der Waals surface area contributed by atoms with Crippen LogP contribution in [0.4, 0.5) is 17.6 Å². The van der Waals surface area contributed by atoms with E-state index in [-0.39, 0.29) is 66.9 Å². The van der Waals surface area contributed by atoms with Crippen molar-refractivity contribution >= 4 is 11.8 Å². The Bertz CT molecular complexity index is 1490. The highest BCUT2D eigenvalue weighted by Gasteiger charge is 2.45. The van der Waals surface area contributed by atoms with Gasteiger partial charge < -0.3 is 30.3 Å². The van der Waals surface area contributed by atoms with Crippen molar-refractivity contribution in [3.8, 4) is 17.0 Å². The molecule has 1 fully saturated rings. The third-order valence-electron chi connectivity index (χ3n) is 7.83. The van der Waals surface area contributed by atoms with Gasteiger partial charge in [0.2, 0.25) is 5.91 Å². The van der Waals surface area contributed by atoms with E-state index in [1.165, 1.54) is 41.8 Å². The second kappa shape index (κ2) is 13.3. The predicted octanol–water partition coefficient (Wildman–Crippen LogP) is 3.69. The van der Waals surface area contributed by atoms with Crippen molar-refractivity contribution in [1.82, 2.24) is 25.1 Å². The Balaban J connectivity index is 1.97. The van der Waals surface area contributed by atoms with Gasteiger partial charge in [-0.15, -0.1) is 0 Å². The SMILES string of the molecule is CNC(=O)CC(C)(C)[C@H](c1nc(-c2cc(F)ccc2F)cn1Cc1cc(O)cc(F)c1)N(CC1CNC[C@@H]1F)C(=O)[C@H](C)O. The average molecular weight is 620 g/mol. The minimum Gasteiger partial charge on any atom is -0.508 e. The number of hydrogen-bond donors (Lipinski definition) is 4. The van der Waals surface area contributed by atoms with Gasteiger partial charge in [0.15, 0.2) is 0 Å². The molecule has 4 rings (SSSR count). The number of aromatic hydroxyl groups is 1. The number of alkyl halides is 1. The van der Waals surface area contributed by atoms with Gasteiger partial charge in [-0.05, 0) is 42.8 Å². The minimum atomic E-state index is -1.51. The molecule has 2 amide bonds. The number of phenols is 1. The van der Waals surface area contributed by atoms with Gasteiger partial charge in [0.25, 0.3) is 5.91 Å². The summed E-state index contributed by atoms with van der Waals surface area (Å²) in [5.74, 6) is -4.25. The number of rotatable bonds is 11. The highest BCUT2D eigenvalue weighted by molar-refractivity contribution is 5.81. The van der Waals surface area contributed by atoms with Crippen molar-refractivity contribution in [3.05, 3.63) is 71.4 Å².